The number of rotatable bonds is 3. The van der Waals surface area contributed by atoms with Gasteiger partial charge in [-0.05, 0) is 12.1 Å². The highest BCUT2D eigenvalue weighted by molar-refractivity contribution is 7.23. The van der Waals surface area contributed by atoms with Crippen molar-refractivity contribution in [2.24, 2.45) is 0 Å². The Labute approximate surface area is 61.0 Å². The van der Waals surface area contributed by atoms with Crippen LogP contribution >= 0.6 is 8.46 Å². The first-order valence-electron chi connectivity index (χ1n) is 3.05. The van der Waals surface area contributed by atoms with Gasteiger partial charge in [0, 0.05) is 0 Å². The molecule has 1 unspecified atom stereocenters. The first kappa shape index (κ1) is 7.36. The van der Waals surface area contributed by atoms with Gasteiger partial charge in [0.2, 0.25) is 0 Å². The van der Waals surface area contributed by atoms with Gasteiger partial charge in [-0.15, -0.1) is 0 Å². The lowest BCUT2D eigenvalue weighted by molar-refractivity contribution is 0.384. The van der Waals surface area contributed by atoms with E-state index in [0.29, 0.717) is 6.35 Å². The van der Waals surface area contributed by atoms with E-state index in [9.17, 15) is 4.57 Å². The lowest BCUT2D eigenvalue weighted by Gasteiger charge is -1.98. The summed E-state index contributed by atoms with van der Waals surface area (Å²) in [5, 5.41) is 0. The first-order chi connectivity index (χ1) is 4.93. The predicted molar refractivity (Wildman–Crippen MR) is 42.3 cm³/mol. The third kappa shape index (κ3) is 2.24. The van der Waals surface area contributed by atoms with Crippen molar-refractivity contribution in [1.29, 1.82) is 0 Å². The molecule has 0 N–H and O–H groups in total. The van der Waals surface area contributed by atoms with Gasteiger partial charge in [0.05, 0.1) is 0 Å². The van der Waals surface area contributed by atoms with E-state index in [1.54, 1.807) is 0 Å². The Morgan fingerprint density at radius 1 is 1.30 bits per heavy atom. The normalized spacial score (nSPS) is 10.4. The average molecular weight is 156 g/mol. The summed E-state index contributed by atoms with van der Waals surface area (Å²) < 4.78 is 15.1. The second-order valence-corrected chi connectivity index (χ2v) is 2.46. The smallest absolute Gasteiger partial charge is 0.136 e. The molecule has 1 rings (SSSR count). The average Bonchev–Trinajstić information content (AvgIpc) is 2.03. The van der Waals surface area contributed by atoms with Gasteiger partial charge >= 0.3 is 0 Å². The Bertz CT molecular complexity index is 198. The molecule has 0 fully saturated rings. The van der Waals surface area contributed by atoms with Crippen LogP contribution in [0.25, 0.3) is 0 Å². The fourth-order valence-corrected chi connectivity index (χ4v) is 0.907. The highest BCUT2D eigenvalue weighted by Gasteiger charge is 1.86. The van der Waals surface area contributed by atoms with Gasteiger partial charge in [0.1, 0.15) is 20.6 Å². The summed E-state index contributed by atoms with van der Waals surface area (Å²) in [6.07, 6.45) is 0.337. The molecule has 0 aromatic heterocycles. The topological polar surface area (TPSA) is 26.3 Å². The van der Waals surface area contributed by atoms with Gasteiger partial charge < -0.3 is 9.30 Å². The molecule has 0 radical (unpaired) electrons. The molecule has 0 heterocycles. The standard InChI is InChI=1S/C7H9O2P/c8-10-6-9-7-4-2-1-3-5-7/h1-5H,6,10H2. The van der Waals surface area contributed by atoms with Crippen LogP contribution in [0.2, 0.25) is 0 Å². The second kappa shape index (κ2) is 4.13. The van der Waals surface area contributed by atoms with Gasteiger partial charge in [-0.25, -0.2) is 0 Å². The van der Waals surface area contributed by atoms with Crippen molar-refractivity contribution in [2.45, 2.75) is 0 Å². The lowest BCUT2D eigenvalue weighted by atomic mass is 10.3. The molecule has 10 heavy (non-hydrogen) atoms. The molecule has 0 amide bonds. The van der Waals surface area contributed by atoms with Crippen LogP contribution in [0, 0.1) is 0 Å². The van der Waals surface area contributed by atoms with Crippen molar-refractivity contribution in [3.63, 3.8) is 0 Å². The molecule has 0 saturated carbocycles. The molecule has 1 aromatic carbocycles. The minimum absolute atomic E-state index is 0.337. The quantitative estimate of drug-likeness (QED) is 0.623. The van der Waals surface area contributed by atoms with Gasteiger partial charge in [0.15, 0.2) is 0 Å². The summed E-state index contributed by atoms with van der Waals surface area (Å²) >= 11 is 0. The van der Waals surface area contributed by atoms with Crippen LogP contribution in [0.15, 0.2) is 30.3 Å². The maximum absolute atomic E-state index is 10.1. The van der Waals surface area contributed by atoms with Crippen molar-refractivity contribution in [3.05, 3.63) is 30.3 Å². The number of benzene rings is 1. The molecule has 3 heteroatoms. The maximum Gasteiger partial charge on any atom is 0.136 e. The molecular formula is C7H9O2P. The van der Waals surface area contributed by atoms with E-state index in [1.165, 1.54) is 0 Å². The largest absolute Gasteiger partial charge is 0.486 e. The van der Waals surface area contributed by atoms with E-state index in [2.05, 4.69) is 0 Å². The molecule has 0 aliphatic heterocycles. The van der Waals surface area contributed by atoms with Crippen LogP contribution < -0.4 is 4.74 Å². The monoisotopic (exact) mass is 156 g/mol. The number of hydrogen-bond donors (Lipinski definition) is 0. The molecular weight excluding hydrogens is 147 g/mol. The van der Waals surface area contributed by atoms with Crippen LogP contribution in [0.5, 0.6) is 5.75 Å². The summed E-state index contributed by atoms with van der Waals surface area (Å²) in [7, 11) is -0.795. The lowest BCUT2D eigenvalue weighted by Crippen LogP contribution is -1.87. The van der Waals surface area contributed by atoms with Crippen molar-refractivity contribution in [1.82, 2.24) is 0 Å². The van der Waals surface area contributed by atoms with Gasteiger partial charge in [-0.2, -0.15) is 0 Å². The molecule has 1 aromatic rings. The number of hydrogen-bond acceptors (Lipinski definition) is 2. The van der Waals surface area contributed by atoms with E-state index in [-0.39, 0.29) is 0 Å². The fourth-order valence-electron chi connectivity index (χ4n) is 0.647. The molecule has 0 saturated heterocycles. The Balaban J connectivity index is 2.50. The number of para-hydroxylation sites is 1. The van der Waals surface area contributed by atoms with Crippen molar-refractivity contribution < 1.29 is 9.30 Å². The van der Waals surface area contributed by atoms with Gasteiger partial charge in [0.25, 0.3) is 0 Å². The zero-order valence-corrected chi connectivity index (χ0v) is 6.64. The summed E-state index contributed by atoms with van der Waals surface area (Å²) in [4.78, 5) is 0. The summed E-state index contributed by atoms with van der Waals surface area (Å²) in [6, 6.07) is 9.37. The molecule has 54 valence electrons. The number of ether oxygens (including phenoxy) is 1. The molecule has 0 aliphatic carbocycles. The van der Waals surface area contributed by atoms with Gasteiger partial charge in [-0.1, -0.05) is 18.2 Å². The predicted octanol–water partition coefficient (Wildman–Crippen LogP) is 1.78. The minimum atomic E-state index is -0.795. The Morgan fingerprint density at radius 3 is 2.60 bits per heavy atom. The molecule has 0 bridgehead atoms. The van der Waals surface area contributed by atoms with Crippen LogP contribution in [-0.2, 0) is 4.57 Å². The highest BCUT2D eigenvalue weighted by Crippen LogP contribution is 2.09. The van der Waals surface area contributed by atoms with E-state index >= 15 is 0 Å². The summed E-state index contributed by atoms with van der Waals surface area (Å²) in [5.74, 6) is 0.783. The van der Waals surface area contributed by atoms with Crippen LogP contribution in [0.4, 0.5) is 0 Å². The maximum atomic E-state index is 10.1. The Morgan fingerprint density at radius 2 is 2.00 bits per heavy atom. The Hall–Kier alpha value is -0.750. The first-order valence-corrected chi connectivity index (χ1v) is 4.34. The third-order valence-electron chi connectivity index (χ3n) is 1.06. The van der Waals surface area contributed by atoms with Crippen LogP contribution in [0.1, 0.15) is 0 Å². The SMILES string of the molecule is O=[PH2]COc1ccccc1. The Kier molecular flexibility index (Phi) is 3.04. The van der Waals surface area contributed by atoms with E-state index in [1.807, 2.05) is 30.3 Å². The third-order valence-corrected chi connectivity index (χ3v) is 1.36. The molecule has 0 aliphatic rings. The van der Waals surface area contributed by atoms with Crippen molar-refractivity contribution in [3.8, 4) is 5.75 Å². The highest BCUT2D eigenvalue weighted by atomic mass is 31.1. The van der Waals surface area contributed by atoms with Crippen molar-refractivity contribution >= 4 is 8.46 Å². The van der Waals surface area contributed by atoms with Crippen LogP contribution in [0.3, 0.4) is 0 Å². The second-order valence-electron chi connectivity index (χ2n) is 1.79. The summed E-state index contributed by atoms with van der Waals surface area (Å²) in [5.41, 5.74) is 0. The summed E-state index contributed by atoms with van der Waals surface area (Å²) in [6.45, 7) is 0. The van der Waals surface area contributed by atoms with E-state index < -0.39 is 8.46 Å². The molecule has 0 spiro atoms. The van der Waals surface area contributed by atoms with Crippen LogP contribution in [-0.4, -0.2) is 6.35 Å². The minimum Gasteiger partial charge on any atom is -0.486 e. The van der Waals surface area contributed by atoms with Gasteiger partial charge in [-0.3, -0.25) is 0 Å². The zero-order valence-electron chi connectivity index (χ0n) is 5.49. The van der Waals surface area contributed by atoms with E-state index in [0.717, 1.165) is 5.75 Å². The zero-order chi connectivity index (χ0) is 7.23. The fraction of sp³-hybridized carbons (Fsp3) is 0.143. The molecule has 1 atom stereocenters. The molecule has 2 nitrogen and oxygen atoms in total. The van der Waals surface area contributed by atoms with Crippen molar-refractivity contribution in [2.75, 3.05) is 6.35 Å². The van der Waals surface area contributed by atoms with E-state index in [4.69, 9.17) is 4.74 Å².